The summed E-state index contributed by atoms with van der Waals surface area (Å²) in [6.07, 6.45) is 2.70. The van der Waals surface area contributed by atoms with Gasteiger partial charge in [0, 0.05) is 29.5 Å². The highest BCUT2D eigenvalue weighted by molar-refractivity contribution is 6.31. The molecule has 0 amide bonds. The first-order chi connectivity index (χ1) is 9.99. The van der Waals surface area contributed by atoms with Gasteiger partial charge in [0.25, 0.3) is 0 Å². The second-order valence-electron chi connectivity index (χ2n) is 4.72. The number of aryl methyl sites for hydroxylation is 1. The molecule has 0 aliphatic carbocycles. The molecule has 0 aliphatic rings. The summed E-state index contributed by atoms with van der Waals surface area (Å²) >= 11 is 6.08. The molecule has 1 N–H and O–H groups in total. The molecule has 0 heterocycles. The third kappa shape index (κ3) is 3.64. The fourth-order valence-corrected chi connectivity index (χ4v) is 2.35. The Labute approximate surface area is 129 Å². The van der Waals surface area contributed by atoms with E-state index in [0.717, 1.165) is 28.6 Å². The summed E-state index contributed by atoms with van der Waals surface area (Å²) in [6.45, 7) is 2.03. The highest BCUT2D eigenvalue weighted by Gasteiger charge is 2.10. The zero-order valence-electron chi connectivity index (χ0n) is 11.9. The zero-order chi connectivity index (χ0) is 15.4. The number of nitrogens with zero attached hydrogens (tertiary/aromatic N) is 1. The number of carboxylic acids is 1. The predicted molar refractivity (Wildman–Crippen MR) is 87.4 cm³/mol. The van der Waals surface area contributed by atoms with E-state index in [1.165, 1.54) is 0 Å². The first-order valence-electron chi connectivity index (χ1n) is 6.49. The number of carboxylic acid groups (broad SMARTS) is 1. The van der Waals surface area contributed by atoms with E-state index in [2.05, 4.69) is 0 Å². The average molecular weight is 302 g/mol. The molecule has 0 unspecified atom stereocenters. The molecule has 0 saturated heterocycles. The maximum absolute atomic E-state index is 10.7. The number of para-hydroxylation sites is 1. The molecule has 2 aromatic carbocycles. The highest BCUT2D eigenvalue weighted by Crippen LogP contribution is 2.32. The van der Waals surface area contributed by atoms with Crippen LogP contribution in [0.15, 0.2) is 48.5 Å². The van der Waals surface area contributed by atoms with Crippen LogP contribution < -0.4 is 4.90 Å². The van der Waals surface area contributed by atoms with Crippen LogP contribution in [-0.4, -0.2) is 18.1 Å². The maximum Gasteiger partial charge on any atom is 0.328 e. The lowest BCUT2D eigenvalue weighted by Gasteiger charge is -2.23. The van der Waals surface area contributed by atoms with E-state index in [0.29, 0.717) is 5.02 Å². The lowest BCUT2D eigenvalue weighted by Crippen LogP contribution is -2.12. The monoisotopic (exact) mass is 301 g/mol. The summed E-state index contributed by atoms with van der Waals surface area (Å²) in [5.41, 5.74) is 3.83. The molecule has 0 aromatic heterocycles. The van der Waals surface area contributed by atoms with Crippen molar-refractivity contribution in [2.24, 2.45) is 0 Å². The van der Waals surface area contributed by atoms with E-state index >= 15 is 0 Å². The molecule has 2 aromatic rings. The standard InChI is InChI=1S/C17H16ClNO2/c1-12-5-3-4-6-15(12)19(2)16-11-14(18)9-7-13(16)8-10-17(20)21/h3-11H,1-2H3,(H,20,21)/b10-8+. The summed E-state index contributed by atoms with van der Waals surface area (Å²) in [5, 5.41) is 9.40. The van der Waals surface area contributed by atoms with E-state index in [1.54, 1.807) is 12.1 Å². The van der Waals surface area contributed by atoms with Crippen LogP contribution in [0.2, 0.25) is 5.02 Å². The number of halogens is 1. The van der Waals surface area contributed by atoms with E-state index in [9.17, 15) is 4.79 Å². The minimum Gasteiger partial charge on any atom is -0.478 e. The molecular weight excluding hydrogens is 286 g/mol. The van der Waals surface area contributed by atoms with Gasteiger partial charge in [-0.2, -0.15) is 0 Å². The van der Waals surface area contributed by atoms with Crippen LogP contribution in [0.4, 0.5) is 11.4 Å². The summed E-state index contributed by atoms with van der Waals surface area (Å²) in [7, 11) is 1.94. The summed E-state index contributed by atoms with van der Waals surface area (Å²) in [6, 6.07) is 13.4. The van der Waals surface area contributed by atoms with Gasteiger partial charge in [-0.15, -0.1) is 0 Å². The Kier molecular flexibility index (Phi) is 4.66. The quantitative estimate of drug-likeness (QED) is 0.844. The van der Waals surface area contributed by atoms with Crippen molar-refractivity contribution >= 4 is 35.0 Å². The first-order valence-corrected chi connectivity index (χ1v) is 6.87. The van der Waals surface area contributed by atoms with Crippen molar-refractivity contribution in [1.82, 2.24) is 0 Å². The van der Waals surface area contributed by atoms with Crippen molar-refractivity contribution in [3.05, 3.63) is 64.7 Å². The number of hydrogen-bond donors (Lipinski definition) is 1. The average Bonchev–Trinajstić information content (AvgIpc) is 2.45. The van der Waals surface area contributed by atoms with Gasteiger partial charge in [-0.05, 0) is 42.3 Å². The van der Waals surface area contributed by atoms with Crippen LogP contribution in [0.25, 0.3) is 6.08 Å². The normalized spacial score (nSPS) is 10.8. The van der Waals surface area contributed by atoms with E-state index in [-0.39, 0.29) is 0 Å². The number of carbonyl (C=O) groups is 1. The molecular formula is C17H16ClNO2. The molecule has 0 radical (unpaired) electrons. The molecule has 2 rings (SSSR count). The first kappa shape index (κ1) is 15.1. The van der Waals surface area contributed by atoms with E-state index < -0.39 is 5.97 Å². The Morgan fingerprint density at radius 1 is 1.19 bits per heavy atom. The molecule has 3 nitrogen and oxygen atoms in total. The molecule has 0 bridgehead atoms. The predicted octanol–water partition coefficient (Wildman–Crippen LogP) is 4.51. The zero-order valence-corrected chi connectivity index (χ0v) is 12.6. The Balaban J connectivity index is 2.49. The minimum atomic E-state index is -0.977. The van der Waals surface area contributed by atoms with Gasteiger partial charge < -0.3 is 10.0 Å². The third-order valence-electron chi connectivity index (χ3n) is 3.24. The smallest absolute Gasteiger partial charge is 0.328 e. The van der Waals surface area contributed by atoms with Gasteiger partial charge in [-0.25, -0.2) is 4.79 Å². The van der Waals surface area contributed by atoms with Crippen LogP contribution in [0, 0.1) is 6.92 Å². The van der Waals surface area contributed by atoms with Crippen molar-refractivity contribution in [1.29, 1.82) is 0 Å². The van der Waals surface area contributed by atoms with Crippen LogP contribution >= 0.6 is 11.6 Å². The Bertz CT molecular complexity index is 695. The van der Waals surface area contributed by atoms with Gasteiger partial charge in [0.2, 0.25) is 0 Å². The van der Waals surface area contributed by atoms with Crippen molar-refractivity contribution in [3.63, 3.8) is 0 Å². The van der Waals surface area contributed by atoms with Crippen molar-refractivity contribution < 1.29 is 9.90 Å². The van der Waals surface area contributed by atoms with Gasteiger partial charge in [0.1, 0.15) is 0 Å². The van der Waals surface area contributed by atoms with Gasteiger partial charge in [-0.1, -0.05) is 35.9 Å². The lowest BCUT2D eigenvalue weighted by atomic mass is 10.1. The molecule has 0 aliphatic heterocycles. The Hall–Kier alpha value is -2.26. The van der Waals surface area contributed by atoms with Crippen LogP contribution in [0.5, 0.6) is 0 Å². The second kappa shape index (κ2) is 6.46. The fourth-order valence-electron chi connectivity index (χ4n) is 2.18. The summed E-state index contributed by atoms with van der Waals surface area (Å²) in [5.74, 6) is -0.977. The van der Waals surface area contributed by atoms with E-state index in [1.807, 2.05) is 55.3 Å². The van der Waals surface area contributed by atoms with Gasteiger partial charge in [-0.3, -0.25) is 0 Å². The molecule has 0 atom stereocenters. The summed E-state index contributed by atoms with van der Waals surface area (Å²) in [4.78, 5) is 12.7. The minimum absolute atomic E-state index is 0.609. The number of hydrogen-bond acceptors (Lipinski definition) is 2. The van der Waals surface area contributed by atoms with Gasteiger partial charge in [0.05, 0.1) is 0 Å². The van der Waals surface area contributed by atoms with Crippen LogP contribution in [0.1, 0.15) is 11.1 Å². The number of rotatable bonds is 4. The maximum atomic E-state index is 10.7. The largest absolute Gasteiger partial charge is 0.478 e. The molecule has 0 fully saturated rings. The topological polar surface area (TPSA) is 40.5 Å². The van der Waals surface area contributed by atoms with Gasteiger partial charge >= 0.3 is 5.97 Å². The molecule has 108 valence electrons. The van der Waals surface area contributed by atoms with Crippen LogP contribution in [-0.2, 0) is 4.79 Å². The SMILES string of the molecule is Cc1ccccc1N(C)c1cc(Cl)ccc1/C=C/C(=O)O. The van der Waals surface area contributed by atoms with E-state index in [4.69, 9.17) is 16.7 Å². The van der Waals surface area contributed by atoms with Crippen molar-refractivity contribution in [2.75, 3.05) is 11.9 Å². The van der Waals surface area contributed by atoms with Crippen molar-refractivity contribution in [2.45, 2.75) is 6.92 Å². The number of anilines is 2. The highest BCUT2D eigenvalue weighted by atomic mass is 35.5. The lowest BCUT2D eigenvalue weighted by molar-refractivity contribution is -0.131. The molecule has 21 heavy (non-hydrogen) atoms. The van der Waals surface area contributed by atoms with Crippen LogP contribution in [0.3, 0.4) is 0 Å². The Morgan fingerprint density at radius 2 is 1.90 bits per heavy atom. The second-order valence-corrected chi connectivity index (χ2v) is 5.16. The number of benzene rings is 2. The molecule has 4 heteroatoms. The van der Waals surface area contributed by atoms with Gasteiger partial charge in [0.15, 0.2) is 0 Å². The van der Waals surface area contributed by atoms with Crippen molar-refractivity contribution in [3.8, 4) is 0 Å². The molecule has 0 saturated carbocycles. The molecule has 0 spiro atoms. The fraction of sp³-hybridized carbons (Fsp3) is 0.118. The Morgan fingerprint density at radius 3 is 2.57 bits per heavy atom. The summed E-state index contributed by atoms with van der Waals surface area (Å²) < 4.78 is 0. The third-order valence-corrected chi connectivity index (χ3v) is 3.47. The number of aliphatic carboxylic acids is 1.